The van der Waals surface area contributed by atoms with Gasteiger partial charge >= 0.3 is 0 Å². The van der Waals surface area contributed by atoms with E-state index in [0.717, 1.165) is 6.26 Å². The van der Waals surface area contributed by atoms with Gasteiger partial charge < -0.3 is 14.9 Å². The highest BCUT2D eigenvalue weighted by Crippen LogP contribution is 2.43. The second kappa shape index (κ2) is 5.77. The third kappa shape index (κ3) is 2.57. The zero-order valence-corrected chi connectivity index (χ0v) is 13.5. The summed E-state index contributed by atoms with van der Waals surface area (Å²) in [6, 6.07) is 6.37. The Labute approximate surface area is 139 Å². The van der Waals surface area contributed by atoms with E-state index in [4.69, 9.17) is 10.00 Å². The van der Waals surface area contributed by atoms with E-state index in [1.54, 1.807) is 32.0 Å². The van der Waals surface area contributed by atoms with Gasteiger partial charge in [0.15, 0.2) is 5.78 Å². The van der Waals surface area contributed by atoms with Gasteiger partial charge in [0, 0.05) is 12.0 Å². The summed E-state index contributed by atoms with van der Waals surface area (Å²) in [6.07, 6.45) is 0.529. The number of ketones is 1. The largest absolute Gasteiger partial charge is 0.515 e. The fourth-order valence-electron chi connectivity index (χ4n) is 3.09. The molecule has 1 aliphatic carbocycles. The molecule has 0 amide bonds. The maximum Gasteiger partial charge on any atom is 0.168 e. The molecule has 1 aliphatic heterocycles. The minimum atomic E-state index is -0.956. The van der Waals surface area contributed by atoms with E-state index in [0.29, 0.717) is 35.4 Å². The van der Waals surface area contributed by atoms with Gasteiger partial charge in [-0.25, -0.2) is 0 Å². The summed E-state index contributed by atoms with van der Waals surface area (Å²) < 4.78 is 5.84. The average molecular weight is 326 g/mol. The summed E-state index contributed by atoms with van der Waals surface area (Å²) in [5.41, 5.74) is 0.823. The van der Waals surface area contributed by atoms with E-state index in [9.17, 15) is 15.0 Å². The number of allylic oxidation sites excluding steroid dienone is 1. The van der Waals surface area contributed by atoms with Crippen molar-refractivity contribution in [3.8, 4) is 11.8 Å². The monoisotopic (exact) mass is 326 g/mol. The van der Waals surface area contributed by atoms with E-state index < -0.39 is 17.7 Å². The van der Waals surface area contributed by atoms with Gasteiger partial charge in [-0.05, 0) is 38.5 Å². The fraction of sp³-hybridized carbons (Fsp3) is 0.389. The Morgan fingerprint density at radius 3 is 2.83 bits per heavy atom. The zero-order chi connectivity index (χ0) is 17.5. The van der Waals surface area contributed by atoms with Gasteiger partial charge in [0.2, 0.25) is 0 Å². The fourth-order valence-corrected chi connectivity index (χ4v) is 3.09. The van der Waals surface area contributed by atoms with Crippen LogP contribution in [0, 0.1) is 11.3 Å². The summed E-state index contributed by atoms with van der Waals surface area (Å²) in [4.78, 5) is 16.3. The third-order valence-corrected chi connectivity index (χ3v) is 4.47. The van der Waals surface area contributed by atoms with Crippen molar-refractivity contribution >= 4 is 11.5 Å². The molecule has 3 rings (SSSR count). The lowest BCUT2D eigenvalue weighted by molar-refractivity contribution is -0.114. The molecule has 1 fully saturated rings. The SMILES string of the molecule is CC1(C)Oc2ccc(C#N)cc2[C@H](N=C2CCC(=O)C2=CO)[C@H]1O. The summed E-state index contributed by atoms with van der Waals surface area (Å²) in [5.74, 6) is 0.389. The Kier molecular flexibility index (Phi) is 3.90. The molecule has 0 spiro atoms. The number of ether oxygens (including phenoxy) is 1. The van der Waals surface area contributed by atoms with Gasteiger partial charge in [-0.2, -0.15) is 5.26 Å². The van der Waals surface area contributed by atoms with Crippen LogP contribution < -0.4 is 4.74 Å². The van der Waals surface area contributed by atoms with Crippen molar-refractivity contribution in [1.29, 1.82) is 5.26 Å². The highest BCUT2D eigenvalue weighted by Gasteiger charge is 2.43. The number of aliphatic hydroxyl groups is 2. The molecule has 2 atom stereocenters. The molecular weight excluding hydrogens is 308 g/mol. The molecule has 0 radical (unpaired) electrons. The maximum absolute atomic E-state index is 11.8. The standard InChI is InChI=1S/C18H18N2O4/c1-18(2)17(23)16(20-13-4-5-14(22)12(13)9-21)11-7-10(8-19)3-6-15(11)24-18/h3,6-7,9,16-17,21,23H,4-5H2,1-2H3/t16-,17+/m0/s1. The first-order chi connectivity index (χ1) is 11.4. The molecule has 2 aliphatic rings. The number of aliphatic imine (C=N–C) groups is 1. The summed E-state index contributed by atoms with van der Waals surface area (Å²) >= 11 is 0. The number of fused-ring (bicyclic) bond motifs is 1. The molecule has 6 heteroatoms. The van der Waals surface area contributed by atoms with Crippen molar-refractivity contribution in [3.05, 3.63) is 41.2 Å². The lowest BCUT2D eigenvalue weighted by Gasteiger charge is -2.40. The molecular formula is C18H18N2O4. The van der Waals surface area contributed by atoms with Crippen LogP contribution in [0.2, 0.25) is 0 Å². The van der Waals surface area contributed by atoms with Gasteiger partial charge in [-0.1, -0.05) is 0 Å². The first kappa shape index (κ1) is 16.2. The van der Waals surface area contributed by atoms with Crippen LogP contribution in [0.15, 0.2) is 35.0 Å². The number of nitrogens with zero attached hydrogens (tertiary/aromatic N) is 2. The smallest absolute Gasteiger partial charge is 0.168 e. The lowest BCUT2D eigenvalue weighted by Crippen LogP contribution is -2.48. The Bertz CT molecular complexity index is 802. The number of hydrogen-bond acceptors (Lipinski definition) is 6. The van der Waals surface area contributed by atoms with Crippen LogP contribution in [-0.4, -0.2) is 33.4 Å². The number of Topliss-reactive ketones (excluding diaryl/α,β-unsaturated/α-hetero) is 1. The Morgan fingerprint density at radius 1 is 1.42 bits per heavy atom. The second-order valence-corrected chi connectivity index (χ2v) is 6.50. The number of benzene rings is 1. The van der Waals surface area contributed by atoms with Crippen LogP contribution in [0.5, 0.6) is 5.75 Å². The molecule has 6 nitrogen and oxygen atoms in total. The van der Waals surface area contributed by atoms with Crippen molar-refractivity contribution in [2.24, 2.45) is 4.99 Å². The van der Waals surface area contributed by atoms with E-state index >= 15 is 0 Å². The minimum absolute atomic E-state index is 0.164. The molecule has 0 unspecified atom stereocenters. The highest BCUT2D eigenvalue weighted by molar-refractivity contribution is 6.27. The molecule has 1 heterocycles. The van der Waals surface area contributed by atoms with Crippen LogP contribution in [0.1, 0.15) is 43.9 Å². The summed E-state index contributed by atoms with van der Waals surface area (Å²) in [6.45, 7) is 3.52. The van der Waals surface area contributed by atoms with Gasteiger partial charge in [-0.15, -0.1) is 0 Å². The van der Waals surface area contributed by atoms with Crippen LogP contribution >= 0.6 is 0 Å². The molecule has 1 aromatic carbocycles. The first-order valence-electron chi connectivity index (χ1n) is 7.73. The van der Waals surface area contributed by atoms with Gasteiger partial charge in [0.25, 0.3) is 0 Å². The Morgan fingerprint density at radius 2 is 2.17 bits per heavy atom. The molecule has 124 valence electrons. The van der Waals surface area contributed by atoms with E-state index in [-0.39, 0.29) is 11.4 Å². The average Bonchev–Trinajstić information content (AvgIpc) is 2.91. The molecule has 2 N–H and O–H groups in total. The normalized spacial score (nSPS) is 28.5. The summed E-state index contributed by atoms with van der Waals surface area (Å²) in [5, 5.41) is 29.1. The number of aliphatic hydroxyl groups excluding tert-OH is 2. The molecule has 0 aromatic heterocycles. The number of hydrogen-bond donors (Lipinski definition) is 2. The van der Waals surface area contributed by atoms with Crippen LogP contribution in [0.25, 0.3) is 0 Å². The Balaban J connectivity index is 2.13. The molecule has 24 heavy (non-hydrogen) atoms. The second-order valence-electron chi connectivity index (χ2n) is 6.50. The first-order valence-corrected chi connectivity index (χ1v) is 7.73. The predicted octanol–water partition coefficient (Wildman–Crippen LogP) is 2.38. The molecule has 1 saturated carbocycles. The van der Waals surface area contributed by atoms with Gasteiger partial charge in [0.1, 0.15) is 23.5 Å². The predicted molar refractivity (Wildman–Crippen MR) is 87.0 cm³/mol. The topological polar surface area (TPSA) is 103 Å². The van der Waals surface area contributed by atoms with E-state index in [1.165, 1.54) is 0 Å². The van der Waals surface area contributed by atoms with E-state index in [2.05, 4.69) is 11.1 Å². The van der Waals surface area contributed by atoms with Crippen molar-refractivity contribution in [2.45, 2.75) is 44.4 Å². The number of rotatable bonds is 1. The number of carbonyl (C=O) groups excluding carboxylic acids is 1. The Hall–Kier alpha value is -2.65. The van der Waals surface area contributed by atoms with E-state index in [1.807, 2.05) is 0 Å². The van der Waals surface area contributed by atoms with Crippen molar-refractivity contribution in [1.82, 2.24) is 0 Å². The molecule has 1 aromatic rings. The lowest BCUT2D eigenvalue weighted by atomic mass is 9.86. The van der Waals surface area contributed by atoms with Crippen LogP contribution in [0.4, 0.5) is 0 Å². The highest BCUT2D eigenvalue weighted by atomic mass is 16.5. The third-order valence-electron chi connectivity index (χ3n) is 4.47. The van der Waals surface area contributed by atoms with Gasteiger partial charge in [-0.3, -0.25) is 9.79 Å². The van der Waals surface area contributed by atoms with Crippen LogP contribution in [0.3, 0.4) is 0 Å². The van der Waals surface area contributed by atoms with Crippen LogP contribution in [-0.2, 0) is 4.79 Å². The zero-order valence-electron chi connectivity index (χ0n) is 13.5. The minimum Gasteiger partial charge on any atom is -0.515 e. The number of carbonyl (C=O) groups is 1. The van der Waals surface area contributed by atoms with Crippen molar-refractivity contribution < 1.29 is 19.7 Å². The quantitative estimate of drug-likeness (QED) is 0.609. The number of nitriles is 1. The summed E-state index contributed by atoms with van der Waals surface area (Å²) in [7, 11) is 0. The molecule has 0 bridgehead atoms. The van der Waals surface area contributed by atoms with Crippen molar-refractivity contribution in [2.75, 3.05) is 0 Å². The van der Waals surface area contributed by atoms with Gasteiger partial charge in [0.05, 0.1) is 29.2 Å². The van der Waals surface area contributed by atoms with Crippen molar-refractivity contribution in [3.63, 3.8) is 0 Å². The maximum atomic E-state index is 11.8. The molecule has 0 saturated heterocycles.